The van der Waals surface area contributed by atoms with Crippen LogP contribution in [-0.4, -0.2) is 61.7 Å². The predicted octanol–water partition coefficient (Wildman–Crippen LogP) is 2.57. The minimum atomic E-state index is 0.711. The fourth-order valence-corrected chi connectivity index (χ4v) is 4.11. The summed E-state index contributed by atoms with van der Waals surface area (Å²) in [7, 11) is 4.66. The largest absolute Gasteiger partial charge is 0.312 e. The molecule has 1 saturated carbocycles. The van der Waals surface area contributed by atoms with Gasteiger partial charge in [-0.3, -0.25) is 4.90 Å². The van der Waals surface area contributed by atoms with E-state index in [0.717, 1.165) is 18.0 Å². The van der Waals surface area contributed by atoms with Gasteiger partial charge in [-0.25, -0.2) is 0 Å². The highest BCUT2D eigenvalue weighted by atomic mass is 15.2. The van der Waals surface area contributed by atoms with Gasteiger partial charge in [-0.15, -0.1) is 0 Å². The lowest BCUT2D eigenvalue weighted by Crippen LogP contribution is -2.57. The Bertz CT molecular complexity index is 279. The highest BCUT2D eigenvalue weighted by Gasteiger charge is 2.34. The Hall–Kier alpha value is -0.120. The first-order valence-corrected chi connectivity index (χ1v) is 8.75. The molecule has 0 bridgehead atoms. The summed E-state index contributed by atoms with van der Waals surface area (Å²) in [6.07, 6.45) is 8.12. The summed E-state index contributed by atoms with van der Waals surface area (Å²) in [5.41, 5.74) is 0. The fraction of sp³-hybridized carbons (Fsp3) is 1.00. The Morgan fingerprint density at radius 2 is 2.05 bits per heavy atom. The summed E-state index contributed by atoms with van der Waals surface area (Å²) in [4.78, 5) is 5.23. The summed E-state index contributed by atoms with van der Waals surface area (Å²) < 4.78 is 0. The number of piperidine rings is 1. The maximum atomic E-state index is 3.82. The van der Waals surface area contributed by atoms with Crippen molar-refractivity contribution in [3.63, 3.8) is 0 Å². The third kappa shape index (κ3) is 4.19. The molecule has 0 aromatic heterocycles. The molecule has 3 heteroatoms. The molecule has 1 heterocycles. The zero-order valence-corrected chi connectivity index (χ0v) is 14.1. The van der Waals surface area contributed by atoms with Crippen LogP contribution in [-0.2, 0) is 0 Å². The number of likely N-dealkylation sites (tertiary alicyclic amines) is 1. The first-order chi connectivity index (χ1) is 9.61. The van der Waals surface area contributed by atoms with Crippen LogP contribution in [0, 0.1) is 5.92 Å². The molecule has 1 N–H and O–H groups in total. The average molecular weight is 281 g/mol. The van der Waals surface area contributed by atoms with Crippen LogP contribution < -0.4 is 5.32 Å². The molecule has 0 amide bonds. The molecule has 0 aromatic rings. The van der Waals surface area contributed by atoms with Crippen LogP contribution in [0.15, 0.2) is 0 Å². The molecule has 2 aliphatic rings. The van der Waals surface area contributed by atoms with Crippen LogP contribution in [0.25, 0.3) is 0 Å². The second kappa shape index (κ2) is 7.77. The van der Waals surface area contributed by atoms with Crippen molar-refractivity contribution in [1.82, 2.24) is 15.1 Å². The molecule has 2 fully saturated rings. The van der Waals surface area contributed by atoms with E-state index < -0.39 is 0 Å². The van der Waals surface area contributed by atoms with E-state index in [-0.39, 0.29) is 0 Å². The van der Waals surface area contributed by atoms with Crippen molar-refractivity contribution in [2.45, 2.75) is 70.5 Å². The highest BCUT2D eigenvalue weighted by Crippen LogP contribution is 2.29. The van der Waals surface area contributed by atoms with Gasteiger partial charge in [0.2, 0.25) is 0 Å². The second-order valence-electron chi connectivity index (χ2n) is 7.27. The maximum absolute atomic E-state index is 3.82. The Balaban J connectivity index is 1.97. The molecule has 4 atom stereocenters. The normalized spacial score (nSPS) is 36.5. The van der Waals surface area contributed by atoms with E-state index in [2.05, 4.69) is 43.1 Å². The van der Waals surface area contributed by atoms with Crippen LogP contribution in [0.5, 0.6) is 0 Å². The van der Waals surface area contributed by atoms with Crippen LogP contribution in [0.1, 0.15) is 52.4 Å². The number of nitrogens with one attached hydrogen (secondary N) is 1. The van der Waals surface area contributed by atoms with E-state index in [1.165, 1.54) is 58.2 Å². The van der Waals surface area contributed by atoms with E-state index in [4.69, 9.17) is 0 Å². The van der Waals surface area contributed by atoms with Gasteiger partial charge in [-0.1, -0.05) is 13.8 Å². The van der Waals surface area contributed by atoms with Gasteiger partial charge in [0.15, 0.2) is 0 Å². The number of hydrogen-bond acceptors (Lipinski definition) is 3. The van der Waals surface area contributed by atoms with Gasteiger partial charge in [0.1, 0.15) is 0 Å². The first kappa shape index (κ1) is 16.3. The van der Waals surface area contributed by atoms with Gasteiger partial charge in [0.25, 0.3) is 0 Å². The van der Waals surface area contributed by atoms with Gasteiger partial charge in [-0.05, 0) is 71.6 Å². The Morgan fingerprint density at radius 3 is 2.75 bits per heavy atom. The lowest BCUT2D eigenvalue weighted by atomic mass is 9.81. The molecule has 3 nitrogen and oxygen atoms in total. The highest BCUT2D eigenvalue weighted by molar-refractivity contribution is 4.92. The van der Waals surface area contributed by atoms with E-state index in [0.29, 0.717) is 6.04 Å². The van der Waals surface area contributed by atoms with Gasteiger partial charge < -0.3 is 10.2 Å². The minimum absolute atomic E-state index is 0.711. The molecule has 1 saturated heterocycles. The van der Waals surface area contributed by atoms with Crippen molar-refractivity contribution < 1.29 is 0 Å². The second-order valence-corrected chi connectivity index (χ2v) is 7.27. The molecular formula is C17H35N3. The summed E-state index contributed by atoms with van der Waals surface area (Å²) in [5, 5.41) is 3.82. The van der Waals surface area contributed by atoms with Crippen molar-refractivity contribution in [2.75, 3.05) is 33.7 Å². The Morgan fingerprint density at radius 1 is 1.25 bits per heavy atom. The smallest absolute Gasteiger partial charge is 0.0252 e. The molecule has 0 radical (unpaired) electrons. The minimum Gasteiger partial charge on any atom is -0.312 e. The molecule has 4 unspecified atom stereocenters. The molecule has 2 rings (SSSR count). The molecular weight excluding hydrogens is 246 g/mol. The van der Waals surface area contributed by atoms with Crippen LogP contribution in [0.4, 0.5) is 0 Å². The molecule has 1 aliphatic heterocycles. The lowest BCUT2D eigenvalue weighted by Gasteiger charge is -2.46. The monoisotopic (exact) mass is 281 g/mol. The van der Waals surface area contributed by atoms with E-state index in [1.54, 1.807) is 0 Å². The predicted molar refractivity (Wildman–Crippen MR) is 87.2 cm³/mol. The van der Waals surface area contributed by atoms with Crippen molar-refractivity contribution in [3.05, 3.63) is 0 Å². The number of hydrogen-bond donors (Lipinski definition) is 1. The van der Waals surface area contributed by atoms with Crippen molar-refractivity contribution >= 4 is 0 Å². The maximum Gasteiger partial charge on any atom is 0.0252 e. The summed E-state index contributed by atoms with van der Waals surface area (Å²) >= 11 is 0. The van der Waals surface area contributed by atoms with Crippen LogP contribution >= 0.6 is 0 Å². The molecule has 118 valence electrons. The number of likely N-dealkylation sites (N-methyl/N-ethyl adjacent to an activating group) is 2. The molecule has 20 heavy (non-hydrogen) atoms. The SMILES string of the molecule is CCCNC1CCC(C)CC1N(C)C1CCCN(C)C1. The van der Waals surface area contributed by atoms with Gasteiger partial charge in [-0.2, -0.15) is 0 Å². The van der Waals surface area contributed by atoms with Crippen molar-refractivity contribution in [3.8, 4) is 0 Å². The third-order valence-corrected chi connectivity index (χ3v) is 5.43. The Labute approximate surface area is 126 Å². The molecule has 0 spiro atoms. The molecule has 1 aliphatic carbocycles. The van der Waals surface area contributed by atoms with Crippen LogP contribution in [0.2, 0.25) is 0 Å². The Kier molecular flexibility index (Phi) is 6.31. The van der Waals surface area contributed by atoms with Crippen molar-refractivity contribution in [2.24, 2.45) is 5.92 Å². The lowest BCUT2D eigenvalue weighted by molar-refractivity contribution is 0.0521. The van der Waals surface area contributed by atoms with Gasteiger partial charge in [0, 0.05) is 24.7 Å². The average Bonchev–Trinajstić information content (AvgIpc) is 2.45. The quantitative estimate of drug-likeness (QED) is 0.835. The number of nitrogens with zero attached hydrogens (tertiary/aromatic N) is 2. The third-order valence-electron chi connectivity index (χ3n) is 5.43. The summed E-state index contributed by atoms with van der Waals surface area (Å²) in [6.45, 7) is 8.41. The topological polar surface area (TPSA) is 18.5 Å². The van der Waals surface area contributed by atoms with Gasteiger partial charge in [0.05, 0.1) is 0 Å². The fourth-order valence-electron chi connectivity index (χ4n) is 4.11. The van der Waals surface area contributed by atoms with E-state index in [9.17, 15) is 0 Å². The number of rotatable bonds is 5. The standard InChI is InChI=1S/C17H35N3/c1-5-10-18-16-9-8-14(2)12-17(16)20(4)15-7-6-11-19(3)13-15/h14-18H,5-13H2,1-4H3. The van der Waals surface area contributed by atoms with Crippen molar-refractivity contribution in [1.29, 1.82) is 0 Å². The van der Waals surface area contributed by atoms with E-state index in [1.807, 2.05) is 0 Å². The summed E-state index contributed by atoms with van der Waals surface area (Å²) in [5.74, 6) is 0.892. The first-order valence-electron chi connectivity index (χ1n) is 8.75. The molecule has 0 aromatic carbocycles. The summed E-state index contributed by atoms with van der Waals surface area (Å²) in [6, 6.07) is 2.21. The zero-order valence-electron chi connectivity index (χ0n) is 14.1. The van der Waals surface area contributed by atoms with Gasteiger partial charge >= 0.3 is 0 Å². The van der Waals surface area contributed by atoms with E-state index >= 15 is 0 Å². The zero-order chi connectivity index (χ0) is 14.5. The van der Waals surface area contributed by atoms with Crippen LogP contribution in [0.3, 0.4) is 0 Å².